The van der Waals surface area contributed by atoms with Crippen molar-refractivity contribution in [3.63, 3.8) is 0 Å². The van der Waals surface area contributed by atoms with Gasteiger partial charge in [0.1, 0.15) is 12.4 Å². The Morgan fingerprint density at radius 3 is 2.83 bits per heavy atom. The Labute approximate surface area is 131 Å². The zero-order valence-corrected chi connectivity index (χ0v) is 12.0. The van der Waals surface area contributed by atoms with Crippen LogP contribution in [-0.2, 0) is 11.4 Å². The van der Waals surface area contributed by atoms with Crippen LogP contribution in [0.25, 0.3) is 0 Å². The van der Waals surface area contributed by atoms with Crippen LogP contribution in [0, 0.1) is 5.82 Å². The number of benzene rings is 1. The Bertz CT molecular complexity index is 709. The first-order valence-corrected chi connectivity index (χ1v) is 6.62. The predicted octanol–water partition coefficient (Wildman–Crippen LogP) is 1.37. The van der Waals surface area contributed by atoms with E-state index in [9.17, 15) is 14.0 Å². The van der Waals surface area contributed by atoms with Gasteiger partial charge in [0.2, 0.25) is 5.91 Å². The molecule has 0 saturated carbocycles. The first kappa shape index (κ1) is 16.4. The zero-order valence-electron chi connectivity index (χ0n) is 12.0. The number of amides is 2. The molecular formula is C15H14FN3O4. The first-order chi connectivity index (χ1) is 11.1. The molecule has 0 aliphatic rings. The molecule has 2 aromatic rings. The lowest BCUT2D eigenvalue weighted by molar-refractivity contribution is -0.118. The highest BCUT2D eigenvalue weighted by atomic mass is 19.1. The molecule has 23 heavy (non-hydrogen) atoms. The van der Waals surface area contributed by atoms with E-state index in [-0.39, 0.29) is 30.6 Å². The fourth-order valence-electron chi connectivity index (χ4n) is 1.63. The normalized spacial score (nSPS) is 10.0. The smallest absolute Gasteiger partial charge is 0.420 e. The molecule has 0 unspecified atom stereocenters. The maximum atomic E-state index is 13.1. The van der Waals surface area contributed by atoms with Crippen molar-refractivity contribution in [1.29, 1.82) is 0 Å². The molecule has 0 atom stereocenters. The van der Waals surface area contributed by atoms with Crippen molar-refractivity contribution in [3.8, 4) is 11.6 Å². The number of nitrogens with one attached hydrogen (secondary N) is 1. The van der Waals surface area contributed by atoms with Crippen molar-refractivity contribution in [3.05, 3.63) is 54.0 Å². The number of ether oxygens (including phenoxy) is 2. The Morgan fingerprint density at radius 1 is 1.26 bits per heavy atom. The van der Waals surface area contributed by atoms with Crippen molar-refractivity contribution in [2.24, 2.45) is 5.73 Å². The third-order valence-electron chi connectivity index (χ3n) is 2.64. The topological polar surface area (TPSA) is 104 Å². The van der Waals surface area contributed by atoms with Crippen LogP contribution in [0.3, 0.4) is 0 Å². The Kier molecular flexibility index (Phi) is 5.59. The van der Waals surface area contributed by atoms with E-state index in [1.54, 1.807) is 18.2 Å². The minimum Gasteiger partial charge on any atom is -0.483 e. The molecule has 2 rings (SSSR count). The number of imide groups is 1. The van der Waals surface area contributed by atoms with Crippen LogP contribution in [0.5, 0.6) is 11.6 Å². The second-order valence-electron chi connectivity index (χ2n) is 4.37. The van der Waals surface area contributed by atoms with Gasteiger partial charge in [-0.15, -0.1) is 0 Å². The van der Waals surface area contributed by atoms with Gasteiger partial charge in [0.05, 0.1) is 6.54 Å². The summed E-state index contributed by atoms with van der Waals surface area (Å²) in [6, 6.07) is 8.99. The molecule has 7 nitrogen and oxygen atoms in total. The summed E-state index contributed by atoms with van der Waals surface area (Å²) in [6.45, 7) is -0.288. The zero-order chi connectivity index (χ0) is 16.7. The lowest BCUT2D eigenvalue weighted by atomic mass is 10.2. The number of hydrogen-bond acceptors (Lipinski definition) is 6. The number of rotatable bonds is 5. The molecule has 8 heteroatoms. The van der Waals surface area contributed by atoms with Crippen molar-refractivity contribution in [1.82, 2.24) is 10.3 Å². The molecule has 120 valence electrons. The number of halogens is 1. The van der Waals surface area contributed by atoms with E-state index in [1.807, 2.05) is 5.32 Å². The van der Waals surface area contributed by atoms with Gasteiger partial charge < -0.3 is 15.2 Å². The van der Waals surface area contributed by atoms with Gasteiger partial charge in [0.25, 0.3) is 5.88 Å². The number of nitrogens with zero attached hydrogens (tertiary/aromatic N) is 1. The molecule has 0 aliphatic heterocycles. The fourth-order valence-corrected chi connectivity index (χ4v) is 1.63. The summed E-state index contributed by atoms with van der Waals surface area (Å²) in [5.41, 5.74) is 5.68. The average Bonchev–Trinajstić information content (AvgIpc) is 2.54. The van der Waals surface area contributed by atoms with Gasteiger partial charge in [0, 0.05) is 6.20 Å². The SMILES string of the molecule is NCC(=O)NC(=O)Oc1ncccc1OCc1cccc(F)c1. The van der Waals surface area contributed by atoms with Crippen molar-refractivity contribution >= 4 is 12.0 Å². The van der Waals surface area contributed by atoms with Crippen LogP contribution in [-0.4, -0.2) is 23.5 Å². The standard InChI is InChI=1S/C15H14FN3O4/c16-11-4-1-3-10(7-11)9-22-12-5-2-6-18-14(12)23-15(21)19-13(20)8-17/h1-7H,8-9,17H2,(H,19,20,21). The number of pyridine rings is 1. The highest BCUT2D eigenvalue weighted by Crippen LogP contribution is 2.24. The summed E-state index contributed by atoms with van der Waals surface area (Å²) in [5, 5.41) is 1.92. The maximum absolute atomic E-state index is 13.1. The van der Waals surface area contributed by atoms with Gasteiger partial charge >= 0.3 is 6.09 Å². The predicted molar refractivity (Wildman–Crippen MR) is 78.2 cm³/mol. The summed E-state index contributed by atoms with van der Waals surface area (Å²) >= 11 is 0. The van der Waals surface area contributed by atoms with E-state index in [1.165, 1.54) is 24.4 Å². The first-order valence-electron chi connectivity index (χ1n) is 6.62. The minimum atomic E-state index is -1.02. The molecule has 0 radical (unpaired) electrons. The molecular weight excluding hydrogens is 305 g/mol. The van der Waals surface area contributed by atoms with E-state index in [0.29, 0.717) is 5.56 Å². The molecule has 2 amide bonds. The summed E-state index contributed by atoms with van der Waals surface area (Å²) in [7, 11) is 0. The van der Waals surface area contributed by atoms with Gasteiger partial charge in [-0.3, -0.25) is 10.1 Å². The third-order valence-corrected chi connectivity index (χ3v) is 2.64. The van der Waals surface area contributed by atoms with Crippen molar-refractivity contribution < 1.29 is 23.5 Å². The summed E-state index contributed by atoms with van der Waals surface area (Å²) < 4.78 is 23.5. The Balaban J connectivity index is 2.02. The fraction of sp³-hybridized carbons (Fsp3) is 0.133. The molecule has 0 bridgehead atoms. The number of carbonyl (C=O) groups is 2. The highest BCUT2D eigenvalue weighted by Gasteiger charge is 2.13. The average molecular weight is 319 g/mol. The van der Waals surface area contributed by atoms with Gasteiger partial charge in [0.15, 0.2) is 5.75 Å². The largest absolute Gasteiger partial charge is 0.483 e. The second-order valence-corrected chi connectivity index (χ2v) is 4.37. The lowest BCUT2D eigenvalue weighted by Gasteiger charge is -2.10. The van der Waals surface area contributed by atoms with Crippen LogP contribution >= 0.6 is 0 Å². The van der Waals surface area contributed by atoms with Crippen LogP contribution in [0.4, 0.5) is 9.18 Å². The summed E-state index contributed by atoms with van der Waals surface area (Å²) in [6.07, 6.45) is 0.373. The van der Waals surface area contributed by atoms with Gasteiger partial charge in [-0.2, -0.15) is 0 Å². The quantitative estimate of drug-likeness (QED) is 0.863. The van der Waals surface area contributed by atoms with Crippen LogP contribution < -0.4 is 20.5 Å². The molecule has 1 heterocycles. The van der Waals surface area contributed by atoms with E-state index < -0.39 is 12.0 Å². The number of carbonyl (C=O) groups excluding carboxylic acids is 2. The second kappa shape index (κ2) is 7.85. The van der Waals surface area contributed by atoms with Crippen LogP contribution in [0.2, 0.25) is 0 Å². The third kappa shape index (κ3) is 5.04. The van der Waals surface area contributed by atoms with E-state index in [2.05, 4.69) is 4.98 Å². The van der Waals surface area contributed by atoms with Gasteiger partial charge in [-0.25, -0.2) is 14.2 Å². The van der Waals surface area contributed by atoms with E-state index in [4.69, 9.17) is 15.2 Å². The molecule has 3 N–H and O–H groups in total. The Hall–Kier alpha value is -3.00. The van der Waals surface area contributed by atoms with Crippen LogP contribution in [0.1, 0.15) is 5.56 Å². The summed E-state index contributed by atoms with van der Waals surface area (Å²) in [5.74, 6) is -1.01. The van der Waals surface area contributed by atoms with Gasteiger partial charge in [-0.05, 0) is 29.8 Å². The lowest BCUT2D eigenvalue weighted by Crippen LogP contribution is -2.37. The van der Waals surface area contributed by atoms with Crippen molar-refractivity contribution in [2.75, 3.05) is 6.54 Å². The Morgan fingerprint density at radius 2 is 2.09 bits per heavy atom. The molecule has 0 fully saturated rings. The van der Waals surface area contributed by atoms with E-state index in [0.717, 1.165) is 0 Å². The van der Waals surface area contributed by atoms with Crippen LogP contribution in [0.15, 0.2) is 42.6 Å². The summed E-state index contributed by atoms with van der Waals surface area (Å²) in [4.78, 5) is 26.4. The number of nitrogens with two attached hydrogens (primary N) is 1. The molecule has 1 aromatic heterocycles. The highest BCUT2D eigenvalue weighted by molar-refractivity contribution is 5.93. The monoisotopic (exact) mass is 319 g/mol. The minimum absolute atomic E-state index is 0.0587. The van der Waals surface area contributed by atoms with Crippen molar-refractivity contribution in [2.45, 2.75) is 6.61 Å². The number of aromatic nitrogens is 1. The molecule has 0 aliphatic carbocycles. The van der Waals surface area contributed by atoms with Gasteiger partial charge in [-0.1, -0.05) is 12.1 Å². The molecule has 0 spiro atoms. The number of hydrogen-bond donors (Lipinski definition) is 2. The van der Waals surface area contributed by atoms with E-state index >= 15 is 0 Å². The maximum Gasteiger partial charge on any atom is 0.420 e. The molecule has 0 saturated heterocycles. The molecule has 1 aromatic carbocycles.